The van der Waals surface area contributed by atoms with Gasteiger partial charge in [0.15, 0.2) is 0 Å². The molecule has 3 amide bonds. The minimum Gasteiger partial charge on any atom is -0.497 e. The predicted octanol–water partition coefficient (Wildman–Crippen LogP) is 2.96. The predicted molar refractivity (Wildman–Crippen MR) is 112 cm³/mol. The molecular weight excluding hydrogens is 394 g/mol. The third-order valence-corrected chi connectivity index (χ3v) is 4.39. The van der Waals surface area contributed by atoms with Crippen molar-refractivity contribution in [3.8, 4) is 5.75 Å². The first-order chi connectivity index (χ1) is 13.9. The van der Waals surface area contributed by atoms with Crippen LogP contribution in [-0.4, -0.2) is 49.9 Å². The minimum atomic E-state index is -0.290. The summed E-state index contributed by atoms with van der Waals surface area (Å²) in [7, 11) is 3.14. The SMILES string of the molecule is COc1ccc(NC(=O)CN(C)C(=O)CCCNC(=O)c2ccc(Cl)cc2)cc1. The van der Waals surface area contributed by atoms with E-state index in [0.29, 0.717) is 35.0 Å². The number of nitrogens with zero attached hydrogens (tertiary/aromatic N) is 1. The molecule has 29 heavy (non-hydrogen) atoms. The van der Waals surface area contributed by atoms with Gasteiger partial charge in [0.2, 0.25) is 11.8 Å². The zero-order valence-corrected chi connectivity index (χ0v) is 17.2. The minimum absolute atomic E-state index is 0.0536. The second-order valence-corrected chi connectivity index (χ2v) is 6.83. The lowest BCUT2D eigenvalue weighted by molar-refractivity contribution is -0.133. The molecule has 0 radical (unpaired) electrons. The van der Waals surface area contributed by atoms with E-state index < -0.39 is 0 Å². The number of ether oxygens (including phenoxy) is 1. The van der Waals surface area contributed by atoms with Crippen molar-refractivity contribution in [3.05, 3.63) is 59.1 Å². The summed E-state index contributed by atoms with van der Waals surface area (Å²) in [5.74, 6) is 0.0115. The van der Waals surface area contributed by atoms with Crippen LogP contribution >= 0.6 is 11.6 Å². The number of likely N-dealkylation sites (N-methyl/N-ethyl adjacent to an activating group) is 1. The van der Waals surface area contributed by atoms with Crippen LogP contribution in [0.5, 0.6) is 5.75 Å². The Kier molecular flexibility index (Phi) is 8.48. The Balaban J connectivity index is 1.67. The molecule has 0 atom stereocenters. The molecule has 2 aromatic carbocycles. The van der Waals surface area contributed by atoms with Crippen LogP contribution in [-0.2, 0) is 9.59 Å². The summed E-state index contributed by atoms with van der Waals surface area (Å²) >= 11 is 5.79. The van der Waals surface area contributed by atoms with Crippen LogP contribution in [0.15, 0.2) is 48.5 Å². The van der Waals surface area contributed by atoms with Crippen molar-refractivity contribution in [1.82, 2.24) is 10.2 Å². The van der Waals surface area contributed by atoms with Crippen molar-refractivity contribution >= 4 is 35.0 Å². The molecule has 8 heteroatoms. The standard InChI is InChI=1S/C21H24ClN3O4/c1-25(14-19(26)24-17-9-11-18(29-2)12-10-17)20(27)4-3-13-23-21(28)15-5-7-16(22)8-6-15/h5-12H,3-4,13-14H2,1-2H3,(H,23,28)(H,24,26). The lowest BCUT2D eigenvalue weighted by atomic mass is 10.2. The molecule has 2 N–H and O–H groups in total. The summed E-state index contributed by atoms with van der Waals surface area (Å²) in [6.45, 7) is 0.307. The Morgan fingerprint density at radius 2 is 1.69 bits per heavy atom. The Bertz CT molecular complexity index is 838. The number of carbonyl (C=O) groups excluding carboxylic acids is 3. The van der Waals surface area contributed by atoms with Crippen LogP contribution < -0.4 is 15.4 Å². The summed E-state index contributed by atoms with van der Waals surface area (Å²) in [5.41, 5.74) is 1.13. The highest BCUT2D eigenvalue weighted by Crippen LogP contribution is 2.15. The number of carbonyl (C=O) groups is 3. The van der Waals surface area contributed by atoms with Crippen molar-refractivity contribution in [2.45, 2.75) is 12.8 Å². The summed E-state index contributed by atoms with van der Waals surface area (Å²) in [4.78, 5) is 37.6. The number of rotatable bonds is 9. The molecule has 2 rings (SSSR count). The maximum absolute atomic E-state index is 12.2. The molecule has 0 unspecified atom stereocenters. The molecule has 0 saturated heterocycles. The quantitative estimate of drug-likeness (QED) is 0.614. The van der Waals surface area contributed by atoms with Crippen molar-refractivity contribution < 1.29 is 19.1 Å². The van der Waals surface area contributed by atoms with Gasteiger partial charge in [-0.15, -0.1) is 0 Å². The van der Waals surface area contributed by atoms with E-state index >= 15 is 0 Å². The zero-order chi connectivity index (χ0) is 21.2. The largest absolute Gasteiger partial charge is 0.497 e. The van der Waals surface area contributed by atoms with Gasteiger partial charge < -0.3 is 20.3 Å². The van der Waals surface area contributed by atoms with Crippen LogP contribution in [0, 0.1) is 0 Å². The third-order valence-electron chi connectivity index (χ3n) is 4.14. The number of hydrogen-bond donors (Lipinski definition) is 2. The second kappa shape index (κ2) is 11.1. The van der Waals surface area contributed by atoms with E-state index in [9.17, 15) is 14.4 Å². The van der Waals surface area contributed by atoms with Crippen molar-refractivity contribution in [1.29, 1.82) is 0 Å². The molecular formula is C21H24ClN3O4. The first-order valence-corrected chi connectivity index (χ1v) is 9.48. The van der Waals surface area contributed by atoms with Gasteiger partial charge in [-0.05, 0) is 55.0 Å². The number of halogens is 1. The van der Waals surface area contributed by atoms with Gasteiger partial charge in [0.25, 0.3) is 5.91 Å². The van der Waals surface area contributed by atoms with Crippen LogP contribution in [0.2, 0.25) is 5.02 Å². The van der Waals surface area contributed by atoms with Crippen molar-refractivity contribution in [2.24, 2.45) is 0 Å². The number of amides is 3. The fourth-order valence-electron chi connectivity index (χ4n) is 2.51. The van der Waals surface area contributed by atoms with Gasteiger partial charge >= 0.3 is 0 Å². The molecule has 154 valence electrons. The lowest BCUT2D eigenvalue weighted by Crippen LogP contribution is -2.35. The zero-order valence-electron chi connectivity index (χ0n) is 16.4. The summed E-state index contributed by atoms with van der Waals surface area (Å²) in [5, 5.41) is 6.04. The van der Waals surface area contributed by atoms with Crippen molar-refractivity contribution in [2.75, 3.05) is 32.6 Å². The van der Waals surface area contributed by atoms with Gasteiger partial charge in [0.05, 0.1) is 13.7 Å². The Morgan fingerprint density at radius 1 is 1.03 bits per heavy atom. The average molecular weight is 418 g/mol. The Morgan fingerprint density at radius 3 is 2.31 bits per heavy atom. The molecule has 0 bridgehead atoms. The van der Waals surface area contributed by atoms with Crippen LogP contribution in [0.4, 0.5) is 5.69 Å². The molecule has 0 aliphatic carbocycles. The highest BCUT2D eigenvalue weighted by molar-refractivity contribution is 6.30. The Labute approximate surface area is 175 Å². The number of anilines is 1. The first-order valence-electron chi connectivity index (χ1n) is 9.10. The van der Waals surface area contributed by atoms with Gasteiger partial charge in [-0.2, -0.15) is 0 Å². The molecule has 0 aliphatic rings. The van der Waals surface area contributed by atoms with E-state index in [2.05, 4.69) is 10.6 Å². The lowest BCUT2D eigenvalue weighted by Gasteiger charge is -2.17. The van der Waals surface area contributed by atoms with Crippen LogP contribution in [0.25, 0.3) is 0 Å². The number of hydrogen-bond acceptors (Lipinski definition) is 4. The molecule has 0 aromatic heterocycles. The van der Waals surface area contributed by atoms with E-state index in [4.69, 9.17) is 16.3 Å². The monoisotopic (exact) mass is 417 g/mol. The fraction of sp³-hybridized carbons (Fsp3) is 0.286. The maximum Gasteiger partial charge on any atom is 0.251 e. The van der Waals surface area contributed by atoms with Gasteiger partial charge in [0.1, 0.15) is 5.75 Å². The summed E-state index contributed by atoms with van der Waals surface area (Å²) in [6, 6.07) is 13.5. The van der Waals surface area contributed by atoms with Crippen LogP contribution in [0.3, 0.4) is 0 Å². The molecule has 7 nitrogen and oxygen atoms in total. The second-order valence-electron chi connectivity index (χ2n) is 6.39. The van der Waals surface area contributed by atoms with E-state index in [1.165, 1.54) is 4.90 Å². The van der Waals surface area contributed by atoms with E-state index in [0.717, 1.165) is 0 Å². The van der Waals surface area contributed by atoms with Crippen LogP contribution in [0.1, 0.15) is 23.2 Å². The summed E-state index contributed by atoms with van der Waals surface area (Å²) < 4.78 is 5.06. The molecule has 0 heterocycles. The number of benzene rings is 2. The van der Waals surface area contributed by atoms with Gasteiger partial charge in [0, 0.05) is 36.3 Å². The maximum atomic E-state index is 12.2. The molecule has 2 aromatic rings. The van der Waals surface area contributed by atoms with Gasteiger partial charge in [-0.3, -0.25) is 14.4 Å². The summed E-state index contributed by atoms with van der Waals surface area (Å²) in [6.07, 6.45) is 0.704. The highest BCUT2D eigenvalue weighted by Gasteiger charge is 2.13. The smallest absolute Gasteiger partial charge is 0.251 e. The molecule has 0 aliphatic heterocycles. The Hall–Kier alpha value is -3.06. The van der Waals surface area contributed by atoms with E-state index in [-0.39, 0.29) is 30.7 Å². The highest BCUT2D eigenvalue weighted by atomic mass is 35.5. The number of nitrogens with one attached hydrogen (secondary N) is 2. The van der Waals surface area contributed by atoms with E-state index in [1.54, 1.807) is 62.7 Å². The molecule has 0 spiro atoms. The molecule has 0 fully saturated rings. The van der Waals surface area contributed by atoms with Crippen molar-refractivity contribution in [3.63, 3.8) is 0 Å². The fourth-order valence-corrected chi connectivity index (χ4v) is 2.64. The van der Waals surface area contributed by atoms with Gasteiger partial charge in [-0.1, -0.05) is 11.6 Å². The molecule has 0 saturated carbocycles. The average Bonchev–Trinajstić information content (AvgIpc) is 2.71. The normalized spacial score (nSPS) is 10.2. The first kappa shape index (κ1) is 22.2. The van der Waals surface area contributed by atoms with Gasteiger partial charge in [-0.25, -0.2) is 0 Å². The third kappa shape index (κ3) is 7.46. The van der Waals surface area contributed by atoms with E-state index in [1.807, 2.05) is 0 Å². The topological polar surface area (TPSA) is 87.7 Å². The number of methoxy groups -OCH3 is 1.